The van der Waals surface area contributed by atoms with Crippen LogP contribution in [-0.2, 0) is 13.1 Å². The fourth-order valence-electron chi connectivity index (χ4n) is 2.98. The topological polar surface area (TPSA) is 12.5 Å². The molecule has 4 heteroatoms. The van der Waals surface area contributed by atoms with Crippen LogP contribution in [0.4, 0.5) is 0 Å². The quantitative estimate of drug-likeness (QED) is 0.568. The van der Waals surface area contributed by atoms with E-state index in [0.29, 0.717) is 0 Å². The molecule has 0 aliphatic carbocycles. The van der Waals surface area contributed by atoms with Gasteiger partial charge in [-0.2, -0.15) is 0 Å². The van der Waals surface area contributed by atoms with Crippen molar-refractivity contribution in [1.82, 2.24) is 4.90 Å². The third-order valence-electron chi connectivity index (χ3n) is 4.48. The lowest BCUT2D eigenvalue weighted by atomic mass is 10.0. The zero-order chi connectivity index (χ0) is 18.1. The van der Waals surface area contributed by atoms with Gasteiger partial charge < -0.3 is 4.74 Å². The van der Waals surface area contributed by atoms with Gasteiger partial charge in [0, 0.05) is 23.1 Å². The SMILES string of the molecule is CC1(/C=C\[Si](C)(C)C)Oc2cccc(Br)c2CN1Cc1ccccc1. The maximum Gasteiger partial charge on any atom is 0.180 e. The van der Waals surface area contributed by atoms with Crippen LogP contribution in [-0.4, -0.2) is 18.7 Å². The number of nitrogens with zero attached hydrogens (tertiary/aromatic N) is 1. The van der Waals surface area contributed by atoms with E-state index >= 15 is 0 Å². The molecule has 132 valence electrons. The van der Waals surface area contributed by atoms with Gasteiger partial charge in [0.25, 0.3) is 0 Å². The molecule has 1 aliphatic heterocycles. The van der Waals surface area contributed by atoms with E-state index < -0.39 is 13.8 Å². The molecule has 2 nitrogen and oxygen atoms in total. The summed E-state index contributed by atoms with van der Waals surface area (Å²) in [5.41, 5.74) is 4.46. The van der Waals surface area contributed by atoms with Crippen LogP contribution >= 0.6 is 15.9 Å². The second-order valence-electron chi connectivity index (χ2n) is 7.91. The first-order chi connectivity index (χ1) is 11.8. The first-order valence-electron chi connectivity index (χ1n) is 8.73. The summed E-state index contributed by atoms with van der Waals surface area (Å²) in [5, 5.41) is 0. The molecule has 2 aromatic rings. The van der Waals surface area contributed by atoms with Crippen molar-refractivity contribution in [3.8, 4) is 5.75 Å². The summed E-state index contributed by atoms with van der Waals surface area (Å²) in [6.07, 6.45) is 2.27. The Morgan fingerprint density at radius 1 is 1.12 bits per heavy atom. The molecule has 0 radical (unpaired) electrons. The Bertz CT molecular complexity index is 769. The van der Waals surface area contributed by atoms with Gasteiger partial charge in [-0.05, 0) is 30.7 Å². The van der Waals surface area contributed by atoms with Crippen LogP contribution in [0.3, 0.4) is 0 Å². The summed E-state index contributed by atoms with van der Waals surface area (Å²) in [4.78, 5) is 2.41. The monoisotopic (exact) mass is 415 g/mol. The first-order valence-corrected chi connectivity index (χ1v) is 13.1. The van der Waals surface area contributed by atoms with Crippen molar-refractivity contribution in [2.24, 2.45) is 0 Å². The standard InChI is InChI=1S/C21H26BrNOSi/c1-21(13-14-25(2,3)4)23(15-17-9-6-5-7-10-17)16-18-19(22)11-8-12-20(18)24-21/h5-14H,15-16H2,1-4H3/b14-13-. The van der Waals surface area contributed by atoms with E-state index in [0.717, 1.165) is 23.3 Å². The van der Waals surface area contributed by atoms with Crippen molar-refractivity contribution < 1.29 is 4.74 Å². The van der Waals surface area contributed by atoms with E-state index in [9.17, 15) is 0 Å². The van der Waals surface area contributed by atoms with Gasteiger partial charge in [-0.3, -0.25) is 4.90 Å². The Kier molecular flexibility index (Phi) is 5.23. The zero-order valence-electron chi connectivity index (χ0n) is 15.4. The van der Waals surface area contributed by atoms with E-state index in [2.05, 4.69) is 102 Å². The predicted octanol–water partition coefficient (Wildman–Crippen LogP) is 5.99. The molecule has 0 bridgehead atoms. The molecule has 1 atom stereocenters. The summed E-state index contributed by atoms with van der Waals surface area (Å²) >= 11 is 3.69. The van der Waals surface area contributed by atoms with Gasteiger partial charge in [0.05, 0.1) is 8.07 Å². The van der Waals surface area contributed by atoms with Crippen LogP contribution in [0.5, 0.6) is 5.75 Å². The minimum atomic E-state index is -1.31. The molecule has 0 saturated heterocycles. The molecule has 1 aliphatic rings. The van der Waals surface area contributed by atoms with Gasteiger partial charge in [-0.1, -0.05) is 77.7 Å². The van der Waals surface area contributed by atoms with Crippen molar-refractivity contribution in [2.45, 2.75) is 45.4 Å². The van der Waals surface area contributed by atoms with Gasteiger partial charge >= 0.3 is 0 Å². The highest BCUT2D eigenvalue weighted by atomic mass is 79.9. The van der Waals surface area contributed by atoms with E-state index in [4.69, 9.17) is 4.74 Å². The number of hydrogen-bond donors (Lipinski definition) is 0. The molecule has 1 unspecified atom stereocenters. The van der Waals surface area contributed by atoms with E-state index in [1.807, 2.05) is 6.07 Å². The molecule has 0 spiro atoms. The Labute approximate surface area is 160 Å². The zero-order valence-corrected chi connectivity index (χ0v) is 18.0. The summed E-state index contributed by atoms with van der Waals surface area (Å²) < 4.78 is 7.62. The van der Waals surface area contributed by atoms with E-state index in [1.165, 1.54) is 11.1 Å². The molecule has 25 heavy (non-hydrogen) atoms. The number of fused-ring (bicyclic) bond motifs is 1. The number of halogens is 1. The molecule has 0 aromatic heterocycles. The number of ether oxygens (including phenoxy) is 1. The maximum atomic E-state index is 6.51. The van der Waals surface area contributed by atoms with Gasteiger partial charge in [-0.25, -0.2) is 0 Å². The van der Waals surface area contributed by atoms with Crippen LogP contribution < -0.4 is 4.74 Å². The van der Waals surface area contributed by atoms with Gasteiger partial charge in [0.2, 0.25) is 0 Å². The predicted molar refractivity (Wildman–Crippen MR) is 111 cm³/mol. The average molecular weight is 416 g/mol. The van der Waals surface area contributed by atoms with Crippen LogP contribution in [0.25, 0.3) is 0 Å². The fraction of sp³-hybridized carbons (Fsp3) is 0.333. The summed E-state index contributed by atoms with van der Waals surface area (Å²) in [5.74, 6) is 0.974. The molecule has 0 amide bonds. The average Bonchev–Trinajstić information content (AvgIpc) is 2.55. The second kappa shape index (κ2) is 7.10. The molecule has 1 heterocycles. The van der Waals surface area contributed by atoms with Crippen molar-refractivity contribution in [3.05, 3.63) is 75.9 Å². The Hall–Kier alpha value is -1.36. The lowest BCUT2D eigenvalue weighted by molar-refractivity contribution is -0.0597. The first kappa shape index (κ1) is 18.4. The molecule has 0 N–H and O–H groups in total. The van der Waals surface area contributed by atoms with Gasteiger partial charge in [0.1, 0.15) is 5.75 Å². The highest BCUT2D eigenvalue weighted by Gasteiger charge is 2.37. The lowest BCUT2D eigenvalue weighted by Crippen LogP contribution is -2.51. The fourth-order valence-corrected chi connectivity index (χ4v) is 4.27. The van der Waals surface area contributed by atoms with E-state index in [1.54, 1.807) is 0 Å². The molecule has 0 saturated carbocycles. The van der Waals surface area contributed by atoms with Crippen LogP contribution in [0.15, 0.2) is 64.8 Å². The number of rotatable bonds is 4. The highest BCUT2D eigenvalue weighted by molar-refractivity contribution is 9.10. The molecular formula is C21H26BrNOSi. The van der Waals surface area contributed by atoms with Crippen molar-refractivity contribution in [2.75, 3.05) is 0 Å². The normalized spacial score (nSPS) is 21.2. The van der Waals surface area contributed by atoms with Gasteiger partial charge in [-0.15, -0.1) is 0 Å². The van der Waals surface area contributed by atoms with Crippen molar-refractivity contribution >= 4 is 24.0 Å². The van der Waals surface area contributed by atoms with Crippen LogP contribution in [0.1, 0.15) is 18.1 Å². The minimum Gasteiger partial charge on any atom is -0.469 e. The highest BCUT2D eigenvalue weighted by Crippen LogP contribution is 2.39. The van der Waals surface area contributed by atoms with Crippen molar-refractivity contribution in [1.29, 1.82) is 0 Å². The minimum absolute atomic E-state index is 0.441. The third-order valence-corrected chi connectivity index (χ3v) is 6.39. The number of hydrogen-bond acceptors (Lipinski definition) is 2. The van der Waals surface area contributed by atoms with Crippen molar-refractivity contribution in [3.63, 3.8) is 0 Å². The smallest absolute Gasteiger partial charge is 0.180 e. The second-order valence-corrected chi connectivity index (χ2v) is 13.8. The summed E-state index contributed by atoms with van der Waals surface area (Å²) in [6, 6.07) is 16.8. The van der Waals surface area contributed by atoms with Gasteiger partial charge in [0.15, 0.2) is 5.72 Å². The third kappa shape index (κ3) is 4.43. The number of benzene rings is 2. The Morgan fingerprint density at radius 2 is 1.84 bits per heavy atom. The molecule has 0 fully saturated rings. The summed E-state index contributed by atoms with van der Waals surface area (Å²) in [7, 11) is -1.31. The molecule has 2 aromatic carbocycles. The maximum absolute atomic E-state index is 6.51. The van der Waals surface area contributed by atoms with Crippen LogP contribution in [0.2, 0.25) is 19.6 Å². The summed E-state index contributed by atoms with van der Waals surface area (Å²) in [6.45, 7) is 10.9. The molecule has 3 rings (SSSR count). The molecular weight excluding hydrogens is 390 g/mol. The lowest BCUT2D eigenvalue weighted by Gasteiger charge is -2.44. The Balaban J connectivity index is 1.98. The van der Waals surface area contributed by atoms with Crippen LogP contribution in [0, 0.1) is 0 Å². The largest absolute Gasteiger partial charge is 0.469 e. The van der Waals surface area contributed by atoms with E-state index in [-0.39, 0.29) is 0 Å². The Morgan fingerprint density at radius 3 is 2.52 bits per heavy atom.